The molecule has 1 heterocycles. The maximum Gasteiger partial charge on any atom is 0.223 e. The summed E-state index contributed by atoms with van der Waals surface area (Å²) >= 11 is 0. The Bertz CT molecular complexity index is 528. The second kappa shape index (κ2) is 6.53. The van der Waals surface area contributed by atoms with Crippen molar-refractivity contribution in [3.8, 4) is 5.75 Å². The fourth-order valence-electron chi connectivity index (χ4n) is 1.48. The molecule has 2 aromatic rings. The van der Waals surface area contributed by atoms with Crippen LogP contribution in [0.2, 0.25) is 0 Å². The Balaban J connectivity index is 1.66. The number of H-pyrrole nitrogens is 1. The van der Waals surface area contributed by atoms with E-state index < -0.39 is 0 Å². The van der Waals surface area contributed by atoms with Gasteiger partial charge in [0, 0.05) is 24.4 Å². The molecule has 0 saturated heterocycles. The Morgan fingerprint density at radius 1 is 1.47 bits per heavy atom. The first kappa shape index (κ1) is 13.1. The maximum absolute atomic E-state index is 12.9. The van der Waals surface area contributed by atoms with Gasteiger partial charge in [-0.25, -0.2) is 4.39 Å². The number of benzene rings is 1. The lowest BCUT2D eigenvalue weighted by Gasteiger charge is -2.06. The summed E-state index contributed by atoms with van der Waals surface area (Å²) in [5, 5.41) is 9.17. The Morgan fingerprint density at radius 3 is 3.11 bits per heavy atom. The number of amides is 1. The summed E-state index contributed by atoms with van der Waals surface area (Å²) in [6.07, 6.45) is 3.57. The Kier molecular flexibility index (Phi) is 4.49. The summed E-state index contributed by atoms with van der Waals surface area (Å²) in [6.45, 7) is 0.635. The number of carbonyl (C=O) groups excluding carboxylic acids is 1. The number of nitrogens with one attached hydrogen (secondary N) is 2. The number of nitrogens with zero attached hydrogens (tertiary/aromatic N) is 1. The van der Waals surface area contributed by atoms with E-state index in [1.807, 2.05) is 0 Å². The summed E-state index contributed by atoms with van der Waals surface area (Å²) < 4.78 is 18.1. The van der Waals surface area contributed by atoms with Crippen LogP contribution in [0.15, 0.2) is 36.7 Å². The highest BCUT2D eigenvalue weighted by Gasteiger charge is 2.03. The van der Waals surface area contributed by atoms with Gasteiger partial charge >= 0.3 is 0 Å². The van der Waals surface area contributed by atoms with Crippen molar-refractivity contribution >= 4 is 5.91 Å². The fourth-order valence-corrected chi connectivity index (χ4v) is 1.48. The second-order valence-corrected chi connectivity index (χ2v) is 3.94. The number of carbonyl (C=O) groups is 1. The number of rotatable bonds is 6. The first-order valence-electron chi connectivity index (χ1n) is 5.87. The predicted molar refractivity (Wildman–Crippen MR) is 66.9 cm³/mol. The lowest BCUT2D eigenvalue weighted by atomic mass is 10.3. The van der Waals surface area contributed by atoms with Crippen molar-refractivity contribution < 1.29 is 13.9 Å². The number of hydrogen-bond acceptors (Lipinski definition) is 3. The lowest BCUT2D eigenvalue weighted by Crippen LogP contribution is -2.24. The molecule has 0 bridgehead atoms. The van der Waals surface area contributed by atoms with Gasteiger partial charge in [-0.05, 0) is 12.1 Å². The molecule has 5 nitrogen and oxygen atoms in total. The molecule has 0 unspecified atom stereocenters. The van der Waals surface area contributed by atoms with Crippen molar-refractivity contribution in [2.45, 2.75) is 13.0 Å². The molecule has 0 aliphatic heterocycles. The lowest BCUT2D eigenvalue weighted by molar-refractivity contribution is -0.121. The van der Waals surface area contributed by atoms with Crippen LogP contribution in [0.5, 0.6) is 5.75 Å². The van der Waals surface area contributed by atoms with Crippen LogP contribution in [0.4, 0.5) is 4.39 Å². The van der Waals surface area contributed by atoms with Crippen LogP contribution < -0.4 is 10.1 Å². The number of aromatic amines is 1. The smallest absolute Gasteiger partial charge is 0.223 e. The second-order valence-electron chi connectivity index (χ2n) is 3.94. The zero-order valence-corrected chi connectivity index (χ0v) is 10.2. The monoisotopic (exact) mass is 263 g/mol. The van der Waals surface area contributed by atoms with Crippen molar-refractivity contribution in [2.24, 2.45) is 0 Å². The maximum atomic E-state index is 12.9. The van der Waals surface area contributed by atoms with Gasteiger partial charge in [0.25, 0.3) is 0 Å². The van der Waals surface area contributed by atoms with Gasteiger partial charge in [-0.1, -0.05) is 6.07 Å². The molecule has 100 valence electrons. The minimum Gasteiger partial charge on any atom is -0.493 e. The SMILES string of the molecule is O=C(CCOc1cccc(F)c1)NCc1cn[nH]c1. The van der Waals surface area contributed by atoms with Gasteiger partial charge in [0.2, 0.25) is 5.91 Å². The molecule has 1 amide bonds. The molecule has 0 aliphatic rings. The van der Waals surface area contributed by atoms with Gasteiger partial charge in [0.15, 0.2) is 0 Å². The van der Waals surface area contributed by atoms with E-state index >= 15 is 0 Å². The third-order valence-electron chi connectivity index (χ3n) is 2.44. The van der Waals surface area contributed by atoms with Crippen LogP contribution in [0, 0.1) is 5.82 Å². The Hall–Kier alpha value is -2.37. The van der Waals surface area contributed by atoms with E-state index in [0.717, 1.165) is 5.56 Å². The fraction of sp³-hybridized carbons (Fsp3) is 0.231. The van der Waals surface area contributed by atoms with Crippen molar-refractivity contribution in [3.05, 3.63) is 48.0 Å². The highest BCUT2D eigenvalue weighted by molar-refractivity contribution is 5.75. The number of aromatic nitrogens is 2. The van der Waals surface area contributed by atoms with Gasteiger partial charge in [0.05, 0.1) is 19.2 Å². The highest BCUT2D eigenvalue weighted by atomic mass is 19.1. The molecule has 6 heteroatoms. The average Bonchev–Trinajstić information content (AvgIpc) is 2.89. The van der Waals surface area contributed by atoms with Crippen molar-refractivity contribution in [1.29, 1.82) is 0 Å². The van der Waals surface area contributed by atoms with Gasteiger partial charge in [-0.2, -0.15) is 5.10 Å². The topological polar surface area (TPSA) is 67.0 Å². The standard InChI is InChI=1S/C13H14FN3O2/c14-11-2-1-3-12(6-11)19-5-4-13(18)15-7-10-8-16-17-9-10/h1-3,6,8-9H,4-5,7H2,(H,15,18)(H,16,17). The van der Waals surface area contributed by atoms with Gasteiger partial charge in [-0.3, -0.25) is 9.89 Å². The van der Waals surface area contributed by atoms with Crippen molar-refractivity contribution in [1.82, 2.24) is 15.5 Å². The molecule has 2 N–H and O–H groups in total. The molecule has 1 aromatic carbocycles. The number of halogens is 1. The summed E-state index contributed by atoms with van der Waals surface area (Å²) in [7, 11) is 0. The number of ether oxygens (including phenoxy) is 1. The van der Waals surface area contributed by atoms with E-state index in [0.29, 0.717) is 12.3 Å². The first-order chi connectivity index (χ1) is 9.24. The van der Waals surface area contributed by atoms with Gasteiger partial charge in [0.1, 0.15) is 11.6 Å². The van der Waals surface area contributed by atoms with Crippen LogP contribution in [0.1, 0.15) is 12.0 Å². The van der Waals surface area contributed by atoms with E-state index in [-0.39, 0.29) is 24.8 Å². The van der Waals surface area contributed by atoms with Crippen LogP contribution >= 0.6 is 0 Å². The molecule has 0 atom stereocenters. The molecule has 0 spiro atoms. The van der Waals surface area contributed by atoms with Crippen molar-refractivity contribution in [2.75, 3.05) is 6.61 Å². The molecule has 0 radical (unpaired) electrons. The molecular formula is C13H14FN3O2. The van der Waals surface area contributed by atoms with E-state index in [4.69, 9.17) is 4.74 Å². The zero-order chi connectivity index (χ0) is 13.5. The summed E-state index contributed by atoms with van der Waals surface area (Å²) in [4.78, 5) is 11.5. The van der Waals surface area contributed by atoms with E-state index in [1.54, 1.807) is 24.5 Å². The number of hydrogen-bond donors (Lipinski definition) is 2. The Morgan fingerprint density at radius 2 is 2.37 bits per heavy atom. The summed E-state index contributed by atoms with van der Waals surface area (Å²) in [5.41, 5.74) is 0.902. The van der Waals surface area contributed by atoms with Crippen molar-refractivity contribution in [3.63, 3.8) is 0 Å². The van der Waals surface area contributed by atoms with Crippen LogP contribution in [0.25, 0.3) is 0 Å². The van der Waals surface area contributed by atoms with Crippen LogP contribution in [-0.4, -0.2) is 22.7 Å². The molecule has 0 fully saturated rings. The van der Waals surface area contributed by atoms with Gasteiger partial charge < -0.3 is 10.1 Å². The third-order valence-corrected chi connectivity index (χ3v) is 2.44. The molecule has 0 saturated carbocycles. The average molecular weight is 263 g/mol. The molecule has 1 aromatic heterocycles. The predicted octanol–water partition coefficient (Wildman–Crippen LogP) is 1.63. The van der Waals surface area contributed by atoms with E-state index in [1.165, 1.54) is 12.1 Å². The third kappa shape index (κ3) is 4.42. The normalized spacial score (nSPS) is 10.2. The van der Waals surface area contributed by atoms with Crippen LogP contribution in [-0.2, 0) is 11.3 Å². The summed E-state index contributed by atoms with van der Waals surface area (Å²) in [6, 6.07) is 5.82. The minimum absolute atomic E-state index is 0.127. The largest absolute Gasteiger partial charge is 0.493 e. The molecule has 2 rings (SSSR count). The quantitative estimate of drug-likeness (QED) is 0.832. The van der Waals surface area contributed by atoms with Crippen LogP contribution in [0.3, 0.4) is 0 Å². The Labute approximate surface area is 109 Å². The minimum atomic E-state index is -0.359. The van der Waals surface area contributed by atoms with E-state index in [9.17, 15) is 9.18 Å². The summed E-state index contributed by atoms with van der Waals surface area (Å²) in [5.74, 6) is -0.0675. The highest BCUT2D eigenvalue weighted by Crippen LogP contribution is 2.11. The van der Waals surface area contributed by atoms with E-state index in [2.05, 4.69) is 15.5 Å². The zero-order valence-electron chi connectivity index (χ0n) is 10.2. The van der Waals surface area contributed by atoms with Gasteiger partial charge in [-0.15, -0.1) is 0 Å². The molecule has 19 heavy (non-hydrogen) atoms. The molecule has 0 aliphatic carbocycles. The first-order valence-corrected chi connectivity index (χ1v) is 5.87. The molecular weight excluding hydrogens is 249 g/mol.